The molecule has 6 heteroatoms. The molecule has 1 rings (SSSR count). The van der Waals surface area contributed by atoms with Gasteiger partial charge in [0, 0.05) is 19.2 Å². The van der Waals surface area contributed by atoms with Gasteiger partial charge in [-0.1, -0.05) is 13.8 Å². The second-order valence-corrected chi connectivity index (χ2v) is 7.30. The second kappa shape index (κ2) is 6.02. The fourth-order valence-corrected chi connectivity index (χ4v) is 2.09. The molecule has 0 aromatic carbocycles. The number of nitriles is 1. The van der Waals surface area contributed by atoms with Crippen molar-refractivity contribution < 1.29 is 8.42 Å². The first-order chi connectivity index (χ1) is 8.74. The average Bonchev–Trinajstić information content (AvgIpc) is 2.34. The van der Waals surface area contributed by atoms with Crippen molar-refractivity contribution in [3.05, 3.63) is 18.3 Å². The van der Waals surface area contributed by atoms with Crippen LogP contribution < -0.4 is 5.32 Å². The number of nitrogens with zero attached hydrogens (tertiary/aromatic N) is 2. The van der Waals surface area contributed by atoms with Crippen LogP contribution in [-0.4, -0.2) is 26.2 Å². The molecule has 1 aromatic rings. The molecule has 104 valence electrons. The Kier molecular flexibility index (Phi) is 4.90. The maximum Gasteiger partial charge on any atom is 0.192 e. The van der Waals surface area contributed by atoms with Gasteiger partial charge in [0.05, 0.1) is 18.0 Å². The summed E-state index contributed by atoms with van der Waals surface area (Å²) in [5.41, 5.74) is 0.781. The molecule has 1 heterocycles. The molecule has 1 aromatic heterocycles. The topological polar surface area (TPSA) is 82.9 Å². The third kappa shape index (κ3) is 5.26. The Labute approximate surface area is 114 Å². The monoisotopic (exact) mass is 281 g/mol. The molecular formula is C13H19N3O2S. The molecule has 0 amide bonds. The summed E-state index contributed by atoms with van der Waals surface area (Å²) in [6.45, 7) is 4.86. The molecule has 0 bridgehead atoms. The first-order valence-corrected chi connectivity index (χ1v) is 7.91. The van der Waals surface area contributed by atoms with Crippen molar-refractivity contribution in [3.63, 3.8) is 0 Å². The van der Waals surface area contributed by atoms with E-state index in [1.807, 2.05) is 0 Å². The summed E-state index contributed by atoms with van der Waals surface area (Å²) < 4.78 is 22.5. The molecule has 19 heavy (non-hydrogen) atoms. The van der Waals surface area contributed by atoms with Crippen molar-refractivity contribution in [3.8, 4) is 6.07 Å². The summed E-state index contributed by atoms with van der Waals surface area (Å²) in [5.74, 6) is 0. The molecule has 5 nitrogen and oxygen atoms in total. The third-order valence-electron chi connectivity index (χ3n) is 2.80. The van der Waals surface area contributed by atoms with Crippen LogP contribution >= 0.6 is 0 Å². The Morgan fingerprint density at radius 2 is 2.11 bits per heavy atom. The van der Waals surface area contributed by atoms with Crippen LogP contribution in [0.1, 0.15) is 26.7 Å². The highest BCUT2D eigenvalue weighted by Crippen LogP contribution is 2.22. The van der Waals surface area contributed by atoms with Crippen molar-refractivity contribution in [1.29, 1.82) is 5.26 Å². The van der Waals surface area contributed by atoms with Gasteiger partial charge in [0.1, 0.15) is 0 Å². The number of anilines is 1. The quantitative estimate of drug-likeness (QED) is 0.864. The summed E-state index contributed by atoms with van der Waals surface area (Å²) >= 11 is 0. The minimum Gasteiger partial charge on any atom is -0.383 e. The van der Waals surface area contributed by atoms with E-state index in [1.54, 1.807) is 6.07 Å². The summed E-state index contributed by atoms with van der Waals surface area (Å²) in [6.07, 6.45) is 3.98. The summed E-state index contributed by atoms with van der Waals surface area (Å²) in [5, 5.41) is 11.9. The van der Waals surface area contributed by atoms with Gasteiger partial charge in [-0.2, -0.15) is 5.26 Å². The van der Waals surface area contributed by atoms with E-state index < -0.39 is 9.84 Å². The van der Waals surface area contributed by atoms with Crippen LogP contribution in [0.2, 0.25) is 0 Å². The molecule has 0 fully saturated rings. The molecule has 0 unspecified atom stereocenters. The molecule has 1 N–H and O–H groups in total. The standard InChI is InChI=1S/C13H19N3O2S/c1-13(2,7-4-8-14)10-16-11-5-6-12(15-9-11)19(3,17)18/h5-6,9,16H,4,7,10H2,1-3H3. The zero-order chi connectivity index (χ0) is 14.5. The summed E-state index contributed by atoms with van der Waals surface area (Å²) in [7, 11) is -3.25. The van der Waals surface area contributed by atoms with Gasteiger partial charge < -0.3 is 5.32 Å². The van der Waals surface area contributed by atoms with Crippen molar-refractivity contribution >= 4 is 15.5 Å². The highest BCUT2D eigenvalue weighted by molar-refractivity contribution is 7.90. The lowest BCUT2D eigenvalue weighted by atomic mass is 9.88. The molecule has 0 saturated heterocycles. The first-order valence-electron chi connectivity index (χ1n) is 6.01. The minimum atomic E-state index is -3.25. The largest absolute Gasteiger partial charge is 0.383 e. The van der Waals surface area contributed by atoms with E-state index in [0.717, 1.165) is 18.4 Å². The van der Waals surface area contributed by atoms with E-state index in [4.69, 9.17) is 5.26 Å². The SMILES string of the molecule is CC(C)(CCC#N)CNc1ccc(S(C)(=O)=O)nc1. The average molecular weight is 281 g/mol. The highest BCUT2D eigenvalue weighted by Gasteiger charge is 2.17. The number of aromatic nitrogens is 1. The van der Waals surface area contributed by atoms with Crippen molar-refractivity contribution in [2.75, 3.05) is 18.1 Å². The smallest absolute Gasteiger partial charge is 0.192 e. The van der Waals surface area contributed by atoms with E-state index in [-0.39, 0.29) is 10.4 Å². The zero-order valence-corrected chi connectivity index (χ0v) is 12.3. The Hall–Kier alpha value is -1.61. The van der Waals surface area contributed by atoms with Crippen LogP contribution in [0.25, 0.3) is 0 Å². The Morgan fingerprint density at radius 3 is 2.58 bits per heavy atom. The van der Waals surface area contributed by atoms with Gasteiger partial charge in [-0.3, -0.25) is 0 Å². The molecule has 0 saturated carbocycles. The lowest BCUT2D eigenvalue weighted by Crippen LogP contribution is -2.23. The van der Waals surface area contributed by atoms with Crippen LogP contribution in [0.5, 0.6) is 0 Å². The lowest BCUT2D eigenvalue weighted by molar-refractivity contribution is 0.364. The fraction of sp³-hybridized carbons (Fsp3) is 0.538. The number of nitrogens with one attached hydrogen (secondary N) is 1. The van der Waals surface area contributed by atoms with Gasteiger partial charge >= 0.3 is 0 Å². The van der Waals surface area contributed by atoms with Crippen LogP contribution in [-0.2, 0) is 9.84 Å². The van der Waals surface area contributed by atoms with Crippen molar-refractivity contribution in [2.45, 2.75) is 31.7 Å². The van der Waals surface area contributed by atoms with E-state index >= 15 is 0 Å². The number of hydrogen-bond acceptors (Lipinski definition) is 5. The minimum absolute atomic E-state index is 0.00519. The van der Waals surface area contributed by atoms with E-state index in [0.29, 0.717) is 13.0 Å². The summed E-state index contributed by atoms with van der Waals surface area (Å²) in [4.78, 5) is 3.91. The van der Waals surface area contributed by atoms with Gasteiger partial charge in [-0.15, -0.1) is 0 Å². The zero-order valence-electron chi connectivity index (χ0n) is 11.5. The van der Waals surface area contributed by atoms with Crippen LogP contribution in [0.4, 0.5) is 5.69 Å². The van der Waals surface area contributed by atoms with E-state index in [2.05, 4.69) is 30.2 Å². The maximum atomic E-state index is 11.3. The molecule has 0 aliphatic carbocycles. The first kappa shape index (κ1) is 15.4. The van der Waals surface area contributed by atoms with Gasteiger partial charge in [-0.05, 0) is 24.0 Å². The lowest BCUT2D eigenvalue weighted by Gasteiger charge is -2.24. The van der Waals surface area contributed by atoms with E-state index in [1.165, 1.54) is 12.3 Å². The molecule has 0 aliphatic rings. The van der Waals surface area contributed by atoms with E-state index in [9.17, 15) is 8.42 Å². The van der Waals surface area contributed by atoms with Crippen molar-refractivity contribution in [2.24, 2.45) is 5.41 Å². The molecular weight excluding hydrogens is 262 g/mol. The normalized spacial score (nSPS) is 11.9. The molecule has 0 atom stereocenters. The van der Waals surface area contributed by atoms with Gasteiger partial charge in [0.25, 0.3) is 0 Å². The predicted molar refractivity (Wildman–Crippen MR) is 74.5 cm³/mol. The highest BCUT2D eigenvalue weighted by atomic mass is 32.2. The molecule has 0 spiro atoms. The Balaban J connectivity index is 2.62. The fourth-order valence-electron chi connectivity index (χ4n) is 1.53. The predicted octanol–water partition coefficient (Wildman–Crippen LogP) is 2.23. The second-order valence-electron chi connectivity index (χ2n) is 5.33. The van der Waals surface area contributed by atoms with Gasteiger partial charge in [0.15, 0.2) is 14.9 Å². The summed E-state index contributed by atoms with van der Waals surface area (Å²) in [6, 6.07) is 5.32. The Morgan fingerprint density at radius 1 is 1.42 bits per heavy atom. The number of hydrogen-bond donors (Lipinski definition) is 1. The Bertz CT molecular complexity index is 557. The van der Waals surface area contributed by atoms with Gasteiger partial charge in [0.2, 0.25) is 0 Å². The number of pyridine rings is 1. The van der Waals surface area contributed by atoms with Gasteiger partial charge in [-0.25, -0.2) is 13.4 Å². The van der Waals surface area contributed by atoms with Crippen LogP contribution in [0.15, 0.2) is 23.4 Å². The molecule has 0 aliphatic heterocycles. The number of rotatable bonds is 6. The maximum absolute atomic E-state index is 11.3. The number of sulfone groups is 1. The van der Waals surface area contributed by atoms with Crippen LogP contribution in [0, 0.1) is 16.7 Å². The third-order valence-corrected chi connectivity index (χ3v) is 3.80. The van der Waals surface area contributed by atoms with Crippen molar-refractivity contribution in [1.82, 2.24) is 4.98 Å². The van der Waals surface area contributed by atoms with Crippen LogP contribution in [0.3, 0.4) is 0 Å². The molecule has 0 radical (unpaired) electrons.